The molecule has 0 fully saturated rings. The summed E-state index contributed by atoms with van der Waals surface area (Å²) in [6, 6.07) is 1.66. The number of rotatable bonds is 1. The van der Waals surface area contributed by atoms with Crippen LogP contribution in [0.3, 0.4) is 0 Å². The van der Waals surface area contributed by atoms with E-state index in [4.69, 9.17) is 4.74 Å². The van der Waals surface area contributed by atoms with Crippen LogP contribution in [0.5, 0.6) is 0 Å². The molecule has 2 heterocycles. The third kappa shape index (κ3) is 4.31. The summed E-state index contributed by atoms with van der Waals surface area (Å²) in [4.78, 5) is 27.9. The lowest BCUT2D eigenvalue weighted by Gasteiger charge is -2.19. The van der Waals surface area contributed by atoms with E-state index in [1.165, 1.54) is 17.9 Å². The molecule has 0 aliphatic carbocycles. The Bertz CT molecular complexity index is 711. The van der Waals surface area contributed by atoms with Gasteiger partial charge in [-0.3, -0.25) is 0 Å². The van der Waals surface area contributed by atoms with Gasteiger partial charge in [0, 0.05) is 17.8 Å². The van der Waals surface area contributed by atoms with E-state index in [9.17, 15) is 9.59 Å². The molecule has 2 rings (SSSR count). The molecular weight excluding hydrogens is 296 g/mol. The minimum atomic E-state index is -0.590. The van der Waals surface area contributed by atoms with Crippen molar-refractivity contribution in [1.29, 1.82) is 0 Å². The van der Waals surface area contributed by atoms with Gasteiger partial charge in [0.1, 0.15) is 11.2 Å². The first-order chi connectivity index (χ1) is 10.7. The zero-order valence-electron chi connectivity index (χ0n) is 14.8. The van der Waals surface area contributed by atoms with Crippen molar-refractivity contribution in [3.05, 3.63) is 29.6 Å². The summed E-state index contributed by atoms with van der Waals surface area (Å²) in [5.74, 6) is -0.464. The van der Waals surface area contributed by atoms with Crippen molar-refractivity contribution in [2.24, 2.45) is 0 Å². The van der Waals surface area contributed by atoms with Crippen molar-refractivity contribution < 1.29 is 19.1 Å². The molecule has 0 saturated heterocycles. The number of esters is 1. The molecule has 0 aliphatic heterocycles. The van der Waals surface area contributed by atoms with Crippen molar-refractivity contribution in [3.8, 4) is 0 Å². The number of hydrogen-bond donors (Lipinski definition) is 0. The first-order valence-electron chi connectivity index (χ1n) is 7.52. The molecule has 126 valence electrons. The number of aryl methyl sites for hydroxylation is 1. The maximum atomic E-state index is 12.2. The van der Waals surface area contributed by atoms with Crippen LogP contribution in [0, 0.1) is 6.92 Å². The van der Waals surface area contributed by atoms with Crippen LogP contribution in [0.1, 0.15) is 50.5 Å². The summed E-state index contributed by atoms with van der Waals surface area (Å²) in [7, 11) is 1.31. The SMILES string of the molecule is CC.COC(=O)c1cnc2c(c1)c(C)cn2C(=O)OC(C)(C)C. The molecule has 2 aromatic rings. The number of ether oxygens (including phenoxy) is 2. The molecular formula is C17H24N2O4. The van der Waals surface area contributed by atoms with Crippen molar-refractivity contribution in [2.45, 2.75) is 47.1 Å². The average molecular weight is 320 g/mol. The highest BCUT2D eigenvalue weighted by atomic mass is 16.6. The van der Waals surface area contributed by atoms with E-state index in [-0.39, 0.29) is 0 Å². The highest BCUT2D eigenvalue weighted by Gasteiger charge is 2.21. The van der Waals surface area contributed by atoms with Crippen LogP contribution >= 0.6 is 0 Å². The van der Waals surface area contributed by atoms with E-state index >= 15 is 0 Å². The molecule has 2 aromatic heterocycles. The Morgan fingerprint density at radius 3 is 2.35 bits per heavy atom. The average Bonchev–Trinajstić information content (AvgIpc) is 2.83. The fourth-order valence-electron chi connectivity index (χ4n) is 1.94. The second kappa shape index (κ2) is 7.26. The van der Waals surface area contributed by atoms with Crippen LogP contribution in [0.15, 0.2) is 18.5 Å². The predicted molar refractivity (Wildman–Crippen MR) is 88.8 cm³/mol. The van der Waals surface area contributed by atoms with Crippen molar-refractivity contribution >= 4 is 23.1 Å². The fraction of sp³-hybridized carbons (Fsp3) is 0.471. The number of carbonyl (C=O) groups excluding carboxylic acids is 2. The molecule has 0 aliphatic rings. The quantitative estimate of drug-likeness (QED) is 0.744. The van der Waals surface area contributed by atoms with Gasteiger partial charge in [0.25, 0.3) is 0 Å². The largest absolute Gasteiger partial charge is 0.465 e. The van der Waals surface area contributed by atoms with Crippen molar-refractivity contribution in [3.63, 3.8) is 0 Å². The zero-order chi connectivity index (χ0) is 17.8. The molecule has 6 nitrogen and oxygen atoms in total. The number of methoxy groups -OCH3 is 1. The third-order valence-electron chi connectivity index (χ3n) is 2.85. The lowest BCUT2D eigenvalue weighted by Crippen LogP contribution is -2.26. The summed E-state index contributed by atoms with van der Waals surface area (Å²) in [6.07, 6.45) is 2.53. The third-order valence-corrected chi connectivity index (χ3v) is 2.85. The molecule has 0 saturated carbocycles. The lowest BCUT2D eigenvalue weighted by atomic mass is 10.2. The predicted octanol–water partition coefficient (Wildman–Crippen LogP) is 3.94. The van der Waals surface area contributed by atoms with Crippen LogP contribution < -0.4 is 0 Å². The topological polar surface area (TPSA) is 70.4 Å². The normalized spacial score (nSPS) is 10.7. The second-order valence-corrected chi connectivity index (χ2v) is 5.75. The van der Waals surface area contributed by atoms with Crippen LogP contribution in [-0.2, 0) is 9.47 Å². The fourth-order valence-corrected chi connectivity index (χ4v) is 1.94. The lowest BCUT2D eigenvalue weighted by molar-refractivity contribution is 0.0542. The Morgan fingerprint density at radius 2 is 1.83 bits per heavy atom. The standard InChI is InChI=1S/C15H18N2O4.C2H6/c1-9-8-17(14(19)21-15(2,3)4)12-11(9)6-10(7-16-12)13(18)20-5;1-2/h6-8H,1-5H3;1-2H3. The molecule has 0 unspecified atom stereocenters. The molecule has 6 heteroatoms. The van der Waals surface area contributed by atoms with E-state index in [2.05, 4.69) is 9.72 Å². The Hall–Kier alpha value is -2.37. The number of aromatic nitrogens is 2. The highest BCUT2D eigenvalue weighted by Crippen LogP contribution is 2.22. The van der Waals surface area contributed by atoms with Crippen molar-refractivity contribution in [2.75, 3.05) is 7.11 Å². The van der Waals surface area contributed by atoms with Gasteiger partial charge in [-0.2, -0.15) is 0 Å². The summed E-state index contributed by atoms with van der Waals surface area (Å²) in [5, 5.41) is 0.712. The van der Waals surface area contributed by atoms with E-state index in [1.54, 1.807) is 33.0 Å². The van der Waals surface area contributed by atoms with E-state index in [0.717, 1.165) is 5.56 Å². The first-order valence-corrected chi connectivity index (χ1v) is 7.52. The zero-order valence-corrected chi connectivity index (χ0v) is 14.8. The van der Waals surface area contributed by atoms with Gasteiger partial charge in [-0.05, 0) is 39.3 Å². The van der Waals surface area contributed by atoms with Crippen LogP contribution in [0.2, 0.25) is 0 Å². The minimum absolute atomic E-state index is 0.343. The van der Waals surface area contributed by atoms with Gasteiger partial charge in [0.2, 0.25) is 0 Å². The number of carbonyl (C=O) groups is 2. The number of fused-ring (bicyclic) bond motifs is 1. The Morgan fingerprint density at radius 1 is 1.22 bits per heavy atom. The Balaban J connectivity index is 0.00000127. The van der Waals surface area contributed by atoms with Gasteiger partial charge in [0.15, 0.2) is 0 Å². The van der Waals surface area contributed by atoms with Gasteiger partial charge >= 0.3 is 12.1 Å². The maximum Gasteiger partial charge on any atom is 0.420 e. The van der Waals surface area contributed by atoms with Gasteiger partial charge in [-0.15, -0.1) is 0 Å². The monoisotopic (exact) mass is 320 g/mol. The van der Waals surface area contributed by atoms with Gasteiger partial charge in [-0.1, -0.05) is 13.8 Å². The Labute approximate surface area is 136 Å². The number of nitrogens with zero attached hydrogens (tertiary/aromatic N) is 2. The van der Waals surface area contributed by atoms with Gasteiger partial charge < -0.3 is 9.47 Å². The number of hydrogen-bond acceptors (Lipinski definition) is 5. The summed E-state index contributed by atoms with van der Waals surface area (Å²) < 4.78 is 11.3. The van der Waals surface area contributed by atoms with E-state index < -0.39 is 17.7 Å². The molecule has 0 radical (unpaired) electrons. The number of pyridine rings is 1. The van der Waals surface area contributed by atoms with Crippen LogP contribution in [0.4, 0.5) is 4.79 Å². The van der Waals surface area contributed by atoms with E-state index in [0.29, 0.717) is 16.6 Å². The van der Waals surface area contributed by atoms with E-state index in [1.807, 2.05) is 20.8 Å². The molecule has 0 bridgehead atoms. The van der Waals surface area contributed by atoms with Crippen LogP contribution in [0.25, 0.3) is 11.0 Å². The smallest absolute Gasteiger partial charge is 0.420 e. The van der Waals surface area contributed by atoms with Gasteiger partial charge in [-0.25, -0.2) is 19.1 Å². The van der Waals surface area contributed by atoms with Crippen molar-refractivity contribution in [1.82, 2.24) is 9.55 Å². The van der Waals surface area contributed by atoms with Gasteiger partial charge in [0.05, 0.1) is 12.7 Å². The second-order valence-electron chi connectivity index (χ2n) is 5.75. The molecule has 0 aromatic carbocycles. The van der Waals surface area contributed by atoms with Crippen LogP contribution in [-0.4, -0.2) is 34.3 Å². The Kier molecular flexibility index (Phi) is 5.90. The first kappa shape index (κ1) is 18.7. The summed E-state index contributed by atoms with van der Waals surface area (Å²) >= 11 is 0. The summed E-state index contributed by atoms with van der Waals surface area (Å²) in [5.41, 5.74) is 1.03. The highest BCUT2D eigenvalue weighted by molar-refractivity contribution is 5.96. The molecule has 23 heavy (non-hydrogen) atoms. The molecule has 0 atom stereocenters. The minimum Gasteiger partial charge on any atom is -0.465 e. The molecule has 0 N–H and O–H groups in total. The maximum absolute atomic E-state index is 12.2. The molecule has 0 amide bonds. The molecule has 0 spiro atoms. The summed E-state index contributed by atoms with van der Waals surface area (Å²) in [6.45, 7) is 11.2.